The molecule has 2 aromatic carbocycles. The molecule has 0 aliphatic heterocycles. The molecule has 2 aromatic rings. The topological polar surface area (TPSA) is 75.6 Å². The molecule has 0 saturated carbocycles. The monoisotopic (exact) mass is 461 g/mol. The SMILES string of the molecule is CCC(CC)(c1ccc(NS(C)(=O)=O)c(C)c1)c1ccc(OCC(O)C(C)(C)C)c(C)c1. The number of aliphatic hydroxyl groups excluding tert-OH is 1. The van der Waals surface area contributed by atoms with E-state index in [0.717, 1.165) is 41.5 Å². The van der Waals surface area contributed by atoms with Crippen molar-refractivity contribution in [2.75, 3.05) is 17.6 Å². The van der Waals surface area contributed by atoms with E-state index in [9.17, 15) is 13.5 Å². The van der Waals surface area contributed by atoms with E-state index in [4.69, 9.17) is 4.74 Å². The maximum absolute atomic E-state index is 11.6. The van der Waals surface area contributed by atoms with Gasteiger partial charge in [-0.1, -0.05) is 58.9 Å². The van der Waals surface area contributed by atoms with Crippen LogP contribution in [0.15, 0.2) is 36.4 Å². The van der Waals surface area contributed by atoms with Crippen LogP contribution in [-0.4, -0.2) is 32.5 Å². The Bertz CT molecular complexity index is 1030. The van der Waals surface area contributed by atoms with Gasteiger partial charge in [0.2, 0.25) is 10.0 Å². The Kier molecular flexibility index (Phi) is 8.05. The van der Waals surface area contributed by atoms with Crippen LogP contribution in [0, 0.1) is 19.3 Å². The maximum atomic E-state index is 11.6. The molecule has 0 bridgehead atoms. The highest BCUT2D eigenvalue weighted by molar-refractivity contribution is 7.92. The number of benzene rings is 2. The summed E-state index contributed by atoms with van der Waals surface area (Å²) in [6, 6.07) is 12.2. The predicted octanol–water partition coefficient (Wildman–Crippen LogP) is 5.57. The molecule has 0 aromatic heterocycles. The quantitative estimate of drug-likeness (QED) is 0.512. The Morgan fingerprint density at radius 2 is 1.50 bits per heavy atom. The molecule has 0 saturated heterocycles. The zero-order valence-corrected chi connectivity index (χ0v) is 21.6. The third-order valence-corrected chi connectivity index (χ3v) is 7.00. The molecule has 178 valence electrons. The van der Waals surface area contributed by atoms with Gasteiger partial charge in [0.15, 0.2) is 0 Å². The second-order valence-corrected chi connectivity index (χ2v) is 11.6. The number of ether oxygens (including phenoxy) is 1. The molecule has 2 rings (SSSR count). The first kappa shape index (κ1) is 26.2. The van der Waals surface area contributed by atoms with Gasteiger partial charge in [0.25, 0.3) is 0 Å². The first-order valence-corrected chi connectivity index (χ1v) is 13.1. The molecule has 0 fully saturated rings. The second kappa shape index (κ2) is 9.84. The van der Waals surface area contributed by atoms with Crippen molar-refractivity contribution in [1.82, 2.24) is 0 Å². The minimum absolute atomic E-state index is 0.192. The predicted molar refractivity (Wildman–Crippen MR) is 133 cm³/mol. The number of sulfonamides is 1. The molecule has 0 aliphatic carbocycles. The summed E-state index contributed by atoms with van der Waals surface area (Å²) in [7, 11) is -3.32. The fraction of sp³-hybridized carbons (Fsp3) is 0.538. The average Bonchev–Trinajstić information content (AvgIpc) is 2.68. The average molecular weight is 462 g/mol. The van der Waals surface area contributed by atoms with Gasteiger partial charge in [0.05, 0.1) is 18.0 Å². The molecular formula is C26H39NO4S. The summed E-state index contributed by atoms with van der Waals surface area (Å²) in [6.07, 6.45) is 2.43. The Hall–Kier alpha value is -2.05. The molecule has 0 heterocycles. The van der Waals surface area contributed by atoms with Crippen LogP contribution < -0.4 is 9.46 Å². The van der Waals surface area contributed by atoms with Gasteiger partial charge in [-0.3, -0.25) is 4.72 Å². The van der Waals surface area contributed by atoms with Crippen LogP contribution in [0.2, 0.25) is 0 Å². The molecule has 0 spiro atoms. The summed E-state index contributed by atoms with van der Waals surface area (Å²) in [5, 5.41) is 10.3. The Balaban J connectivity index is 2.39. The van der Waals surface area contributed by atoms with Crippen LogP contribution in [0.3, 0.4) is 0 Å². The van der Waals surface area contributed by atoms with E-state index in [0.29, 0.717) is 5.69 Å². The van der Waals surface area contributed by atoms with Gasteiger partial charge < -0.3 is 9.84 Å². The van der Waals surface area contributed by atoms with E-state index >= 15 is 0 Å². The first-order valence-electron chi connectivity index (χ1n) is 11.2. The van der Waals surface area contributed by atoms with Crippen LogP contribution >= 0.6 is 0 Å². The highest BCUT2D eigenvalue weighted by Gasteiger charge is 2.32. The largest absolute Gasteiger partial charge is 0.491 e. The van der Waals surface area contributed by atoms with Crippen molar-refractivity contribution < 1.29 is 18.3 Å². The Morgan fingerprint density at radius 1 is 0.969 bits per heavy atom. The van der Waals surface area contributed by atoms with Crippen molar-refractivity contribution in [1.29, 1.82) is 0 Å². The third-order valence-electron chi connectivity index (χ3n) is 6.41. The molecular weight excluding hydrogens is 422 g/mol. The number of hydrogen-bond acceptors (Lipinski definition) is 4. The lowest BCUT2D eigenvalue weighted by Gasteiger charge is -2.34. The van der Waals surface area contributed by atoms with Crippen molar-refractivity contribution >= 4 is 15.7 Å². The molecule has 0 amide bonds. The molecule has 0 aliphatic rings. The minimum atomic E-state index is -3.32. The lowest BCUT2D eigenvalue weighted by atomic mass is 9.70. The molecule has 0 radical (unpaired) electrons. The summed E-state index contributed by atoms with van der Waals surface area (Å²) < 4.78 is 31.8. The standard InChI is InChI=1S/C26H39NO4S/c1-9-26(10-2,20-11-13-22(18(3)15-20)27-32(8,29)30)21-12-14-23(19(4)16-21)31-17-24(28)25(5,6)7/h11-16,24,27-28H,9-10,17H2,1-8H3. The summed E-state index contributed by atoms with van der Waals surface area (Å²) in [5.74, 6) is 0.780. The number of anilines is 1. The maximum Gasteiger partial charge on any atom is 0.229 e. The number of aryl methyl sites for hydroxylation is 2. The minimum Gasteiger partial charge on any atom is -0.491 e. The van der Waals surface area contributed by atoms with Crippen LogP contribution in [-0.2, 0) is 15.4 Å². The van der Waals surface area contributed by atoms with E-state index < -0.39 is 16.1 Å². The number of rotatable bonds is 9. The zero-order valence-electron chi connectivity index (χ0n) is 20.7. The van der Waals surface area contributed by atoms with Crippen molar-refractivity contribution in [3.8, 4) is 5.75 Å². The highest BCUT2D eigenvalue weighted by atomic mass is 32.2. The van der Waals surface area contributed by atoms with Gasteiger partial charge in [-0.15, -0.1) is 0 Å². The van der Waals surface area contributed by atoms with E-state index in [1.54, 1.807) is 0 Å². The van der Waals surface area contributed by atoms with Crippen molar-refractivity contribution in [3.05, 3.63) is 58.7 Å². The molecule has 5 nitrogen and oxygen atoms in total. The van der Waals surface area contributed by atoms with Crippen LogP contribution in [0.25, 0.3) is 0 Å². The van der Waals surface area contributed by atoms with Crippen LogP contribution in [0.1, 0.15) is 69.7 Å². The van der Waals surface area contributed by atoms with Gasteiger partial charge >= 0.3 is 0 Å². The van der Waals surface area contributed by atoms with Crippen molar-refractivity contribution in [2.45, 2.75) is 72.8 Å². The van der Waals surface area contributed by atoms with E-state index in [2.05, 4.69) is 36.8 Å². The number of hydrogen-bond donors (Lipinski definition) is 2. The van der Waals surface area contributed by atoms with E-state index in [1.165, 1.54) is 5.56 Å². The molecule has 32 heavy (non-hydrogen) atoms. The van der Waals surface area contributed by atoms with Gasteiger partial charge in [0, 0.05) is 5.41 Å². The lowest BCUT2D eigenvalue weighted by Crippen LogP contribution is -2.32. The highest BCUT2D eigenvalue weighted by Crippen LogP contribution is 2.41. The smallest absolute Gasteiger partial charge is 0.229 e. The van der Waals surface area contributed by atoms with Gasteiger partial charge in [-0.05, 0) is 66.5 Å². The Morgan fingerprint density at radius 3 is 1.94 bits per heavy atom. The fourth-order valence-corrected chi connectivity index (χ4v) is 4.66. The van der Waals surface area contributed by atoms with E-state index in [-0.39, 0.29) is 17.4 Å². The normalized spacial score (nSPS) is 13.7. The molecule has 6 heteroatoms. The summed E-state index contributed by atoms with van der Waals surface area (Å²) >= 11 is 0. The van der Waals surface area contributed by atoms with Gasteiger partial charge in [-0.25, -0.2) is 8.42 Å². The van der Waals surface area contributed by atoms with Crippen molar-refractivity contribution in [2.24, 2.45) is 5.41 Å². The number of aliphatic hydroxyl groups is 1. The summed E-state index contributed by atoms with van der Waals surface area (Å²) in [5.41, 5.74) is 4.47. The molecule has 1 atom stereocenters. The lowest BCUT2D eigenvalue weighted by molar-refractivity contribution is 0.0216. The Labute approximate surface area is 194 Å². The van der Waals surface area contributed by atoms with Crippen molar-refractivity contribution in [3.63, 3.8) is 0 Å². The van der Waals surface area contributed by atoms with E-state index in [1.807, 2.05) is 52.8 Å². The van der Waals surface area contributed by atoms with Crippen LogP contribution in [0.5, 0.6) is 5.75 Å². The first-order chi connectivity index (χ1) is 14.7. The molecule has 1 unspecified atom stereocenters. The van der Waals surface area contributed by atoms with Gasteiger partial charge in [-0.2, -0.15) is 0 Å². The number of nitrogens with one attached hydrogen (secondary N) is 1. The third kappa shape index (κ3) is 6.04. The van der Waals surface area contributed by atoms with Gasteiger partial charge in [0.1, 0.15) is 12.4 Å². The fourth-order valence-electron chi connectivity index (χ4n) is 4.04. The second-order valence-electron chi connectivity index (χ2n) is 9.87. The van der Waals surface area contributed by atoms with Crippen LogP contribution in [0.4, 0.5) is 5.69 Å². The summed E-state index contributed by atoms with van der Waals surface area (Å²) in [6.45, 7) is 14.6. The molecule has 2 N–H and O–H groups in total. The summed E-state index contributed by atoms with van der Waals surface area (Å²) in [4.78, 5) is 0. The zero-order chi connectivity index (χ0) is 24.3.